The summed E-state index contributed by atoms with van der Waals surface area (Å²) in [5, 5.41) is 0. The average molecular weight is 625 g/mol. The number of carbonyl (C=O) groups excluding carboxylic acids is 4. The van der Waals surface area contributed by atoms with Crippen LogP contribution in [-0.2, 0) is 41.7 Å². The molecule has 0 aromatic heterocycles. The maximum Gasteiger partial charge on any atom is 0.343 e. The Morgan fingerprint density at radius 3 is 1.18 bits per heavy atom. The van der Waals surface area contributed by atoms with Crippen molar-refractivity contribution in [3.05, 3.63) is 59.7 Å². The molecule has 0 heterocycles. The van der Waals surface area contributed by atoms with Crippen LogP contribution < -0.4 is 33.9 Å². The summed E-state index contributed by atoms with van der Waals surface area (Å²) in [6.07, 6.45) is 1.69. The number of nitrogens with zero attached hydrogens (tertiary/aromatic N) is 2. The fourth-order valence-electron chi connectivity index (χ4n) is 4.87. The predicted octanol–water partition coefficient (Wildman–Crippen LogP) is 2.43. The Morgan fingerprint density at radius 1 is 0.600 bits per heavy atom. The first-order chi connectivity index (χ1) is 21.3. The smallest absolute Gasteiger partial charge is 0.343 e. The SMILES string of the molecule is CCC(CC)(Cc1ccc(N=C(N)N)cc1)C(=O)NOC(=O)CC(=O)ONC(=O)C(CC)(CC)Cc1ccc(N=C(N)N)cc1. The van der Waals surface area contributed by atoms with Crippen LogP contribution in [0.15, 0.2) is 58.5 Å². The van der Waals surface area contributed by atoms with Crippen LogP contribution in [0, 0.1) is 10.8 Å². The van der Waals surface area contributed by atoms with Gasteiger partial charge in [0.1, 0.15) is 6.42 Å². The molecule has 0 unspecified atom stereocenters. The number of aliphatic imine (C=N–C) groups is 2. The summed E-state index contributed by atoms with van der Waals surface area (Å²) >= 11 is 0. The van der Waals surface area contributed by atoms with Gasteiger partial charge in [-0.25, -0.2) is 19.6 Å². The summed E-state index contributed by atoms with van der Waals surface area (Å²) in [5.41, 5.74) is 27.1. The van der Waals surface area contributed by atoms with Gasteiger partial charge in [0, 0.05) is 0 Å². The Labute approximate surface area is 262 Å². The lowest BCUT2D eigenvalue weighted by atomic mass is 9.76. The van der Waals surface area contributed by atoms with E-state index in [2.05, 4.69) is 20.9 Å². The number of carbonyl (C=O) groups is 4. The molecule has 0 atom stereocenters. The van der Waals surface area contributed by atoms with E-state index in [-0.39, 0.29) is 11.9 Å². The number of amides is 2. The van der Waals surface area contributed by atoms with Gasteiger partial charge in [0.15, 0.2) is 11.9 Å². The zero-order valence-electron chi connectivity index (χ0n) is 26.2. The quantitative estimate of drug-likeness (QED) is 0.0776. The van der Waals surface area contributed by atoms with Crippen LogP contribution in [0.5, 0.6) is 0 Å². The van der Waals surface area contributed by atoms with E-state index in [1.807, 2.05) is 52.0 Å². The number of hydrogen-bond acceptors (Lipinski definition) is 8. The molecule has 10 N–H and O–H groups in total. The number of nitrogens with one attached hydrogen (secondary N) is 2. The second-order valence-corrected chi connectivity index (χ2v) is 10.7. The maximum absolute atomic E-state index is 13.1. The molecule has 14 nitrogen and oxygen atoms in total. The van der Waals surface area contributed by atoms with Crippen molar-refractivity contribution in [3.8, 4) is 0 Å². The van der Waals surface area contributed by atoms with Crippen LogP contribution in [0.25, 0.3) is 0 Å². The molecule has 0 fully saturated rings. The van der Waals surface area contributed by atoms with Crippen molar-refractivity contribution in [2.24, 2.45) is 43.7 Å². The van der Waals surface area contributed by atoms with Gasteiger partial charge >= 0.3 is 11.9 Å². The molecule has 14 heteroatoms. The number of guanidine groups is 2. The molecule has 244 valence electrons. The number of hydrogen-bond donors (Lipinski definition) is 6. The van der Waals surface area contributed by atoms with Gasteiger partial charge in [-0.15, -0.1) is 0 Å². The third-order valence-corrected chi connectivity index (χ3v) is 7.95. The molecule has 0 aliphatic heterocycles. The number of benzene rings is 2. The van der Waals surface area contributed by atoms with E-state index in [9.17, 15) is 19.2 Å². The first-order valence-corrected chi connectivity index (χ1v) is 14.7. The Hall–Kier alpha value is -5.14. The predicted molar refractivity (Wildman–Crippen MR) is 170 cm³/mol. The lowest BCUT2D eigenvalue weighted by Crippen LogP contribution is -2.44. The fourth-order valence-corrected chi connectivity index (χ4v) is 4.87. The lowest BCUT2D eigenvalue weighted by Gasteiger charge is -2.30. The Morgan fingerprint density at radius 2 is 0.911 bits per heavy atom. The normalized spacial score (nSPS) is 11.1. The number of hydroxylamine groups is 2. The summed E-state index contributed by atoms with van der Waals surface area (Å²) in [5.74, 6) is -3.27. The van der Waals surface area contributed by atoms with Crippen LogP contribution in [0.4, 0.5) is 11.4 Å². The van der Waals surface area contributed by atoms with Crippen molar-refractivity contribution < 1.29 is 28.9 Å². The van der Waals surface area contributed by atoms with Crippen molar-refractivity contribution in [2.75, 3.05) is 0 Å². The summed E-state index contributed by atoms with van der Waals surface area (Å²) in [7, 11) is 0. The van der Waals surface area contributed by atoms with Gasteiger partial charge in [-0.3, -0.25) is 9.59 Å². The van der Waals surface area contributed by atoms with Gasteiger partial charge in [-0.1, -0.05) is 52.0 Å². The van der Waals surface area contributed by atoms with E-state index in [1.165, 1.54) is 0 Å². The maximum atomic E-state index is 13.1. The highest BCUT2D eigenvalue weighted by Gasteiger charge is 2.37. The molecule has 2 aromatic carbocycles. The average Bonchev–Trinajstić information content (AvgIpc) is 3.01. The third kappa shape index (κ3) is 10.5. The summed E-state index contributed by atoms with van der Waals surface area (Å²) in [6.45, 7) is 7.42. The van der Waals surface area contributed by atoms with Gasteiger partial charge in [-0.2, -0.15) is 11.0 Å². The molecule has 0 aliphatic carbocycles. The summed E-state index contributed by atoms with van der Waals surface area (Å²) in [6, 6.07) is 14.1. The van der Waals surface area contributed by atoms with E-state index in [0.29, 0.717) is 49.9 Å². The highest BCUT2D eigenvalue weighted by molar-refractivity contribution is 5.93. The van der Waals surface area contributed by atoms with E-state index in [1.54, 1.807) is 24.3 Å². The molecule has 0 aliphatic rings. The van der Waals surface area contributed by atoms with Gasteiger partial charge in [-0.05, 0) is 73.9 Å². The van der Waals surface area contributed by atoms with Gasteiger partial charge in [0.05, 0.1) is 22.2 Å². The molecule has 0 bridgehead atoms. The Bertz CT molecular complexity index is 1270. The van der Waals surface area contributed by atoms with E-state index >= 15 is 0 Å². The minimum atomic E-state index is -1.05. The molecule has 0 saturated heterocycles. The molecular formula is C31H44N8O6. The zero-order valence-corrected chi connectivity index (χ0v) is 26.2. The van der Waals surface area contributed by atoms with Crippen LogP contribution in [0.2, 0.25) is 0 Å². The minimum Gasteiger partial charge on any atom is -0.370 e. The van der Waals surface area contributed by atoms with Crippen LogP contribution >= 0.6 is 0 Å². The second-order valence-electron chi connectivity index (χ2n) is 10.7. The van der Waals surface area contributed by atoms with Gasteiger partial charge < -0.3 is 32.6 Å². The molecule has 45 heavy (non-hydrogen) atoms. The third-order valence-electron chi connectivity index (χ3n) is 7.95. The molecule has 2 aromatic rings. The van der Waals surface area contributed by atoms with E-state index in [0.717, 1.165) is 11.1 Å². The first-order valence-electron chi connectivity index (χ1n) is 14.7. The van der Waals surface area contributed by atoms with Crippen molar-refractivity contribution in [3.63, 3.8) is 0 Å². The molecular weight excluding hydrogens is 580 g/mol. The van der Waals surface area contributed by atoms with Crippen LogP contribution in [0.1, 0.15) is 70.9 Å². The van der Waals surface area contributed by atoms with Gasteiger partial charge in [0.2, 0.25) is 0 Å². The van der Waals surface area contributed by atoms with Crippen molar-refractivity contribution in [2.45, 2.75) is 72.6 Å². The zero-order chi connectivity index (χ0) is 33.6. The largest absolute Gasteiger partial charge is 0.370 e. The van der Waals surface area contributed by atoms with Crippen molar-refractivity contribution >= 4 is 47.0 Å². The molecule has 0 spiro atoms. The monoisotopic (exact) mass is 624 g/mol. The van der Waals surface area contributed by atoms with Crippen molar-refractivity contribution in [1.29, 1.82) is 0 Å². The minimum absolute atomic E-state index is 0.0644. The molecule has 0 saturated carbocycles. The first kappa shape index (κ1) is 36.1. The molecule has 2 amide bonds. The van der Waals surface area contributed by atoms with E-state index < -0.39 is 41.0 Å². The Kier molecular flexibility index (Phi) is 13.3. The standard InChI is InChI=1S/C31H44N8O6/c1-5-30(6-2,18-20-9-13-22(14-10-20)36-28(32)33)26(42)38-44-24(40)17-25(41)45-39-27(43)31(7-3,8-4)19-21-11-15-23(16-12-21)37-29(34)35/h9-16H,5-8,17-19H2,1-4H3,(H,38,42)(H,39,43)(H4,32,33,36)(H4,34,35,37). The Balaban J connectivity index is 1.93. The van der Waals surface area contributed by atoms with E-state index in [4.69, 9.17) is 32.6 Å². The number of rotatable bonds is 14. The van der Waals surface area contributed by atoms with Crippen molar-refractivity contribution in [1.82, 2.24) is 11.0 Å². The highest BCUT2D eigenvalue weighted by Crippen LogP contribution is 2.33. The number of nitrogens with two attached hydrogens (primary N) is 4. The topological polar surface area (TPSA) is 240 Å². The second kappa shape index (κ2) is 16.6. The van der Waals surface area contributed by atoms with Crippen LogP contribution in [0.3, 0.4) is 0 Å². The van der Waals surface area contributed by atoms with Gasteiger partial charge in [0.25, 0.3) is 11.8 Å². The fraction of sp³-hybridized carbons (Fsp3) is 0.419. The lowest BCUT2D eigenvalue weighted by molar-refractivity contribution is -0.171. The summed E-state index contributed by atoms with van der Waals surface area (Å²) in [4.78, 5) is 68.6. The summed E-state index contributed by atoms with van der Waals surface area (Å²) < 4.78 is 0. The molecule has 2 rings (SSSR count). The molecule has 0 radical (unpaired) electrons. The highest BCUT2D eigenvalue weighted by atomic mass is 16.7. The van der Waals surface area contributed by atoms with Crippen LogP contribution in [-0.4, -0.2) is 35.7 Å².